The molecule has 1 atom stereocenters. The minimum absolute atomic E-state index is 0.103. The van der Waals surface area contributed by atoms with Gasteiger partial charge in [-0.1, -0.05) is 30.3 Å². The van der Waals surface area contributed by atoms with Crippen molar-refractivity contribution in [3.8, 4) is 5.75 Å². The van der Waals surface area contributed by atoms with Crippen LogP contribution in [-0.4, -0.2) is 18.6 Å². The van der Waals surface area contributed by atoms with E-state index in [1.54, 1.807) is 12.1 Å². The number of carbonyl (C=O) groups is 1. The zero-order valence-corrected chi connectivity index (χ0v) is 11.5. The van der Waals surface area contributed by atoms with Crippen LogP contribution in [0.15, 0.2) is 48.5 Å². The van der Waals surface area contributed by atoms with E-state index in [0.29, 0.717) is 19.4 Å². The van der Waals surface area contributed by atoms with E-state index in [1.807, 2.05) is 24.3 Å². The van der Waals surface area contributed by atoms with Crippen molar-refractivity contribution in [2.24, 2.45) is 0 Å². The minimum Gasteiger partial charge on any atom is -0.480 e. The fourth-order valence-electron chi connectivity index (χ4n) is 2.42. The maximum absolute atomic E-state index is 12.8. The highest BCUT2D eigenvalue weighted by molar-refractivity contribution is 5.82. The maximum atomic E-state index is 12.8. The zero-order valence-electron chi connectivity index (χ0n) is 11.5. The lowest BCUT2D eigenvalue weighted by molar-refractivity contribution is -0.127. The van der Waals surface area contributed by atoms with Gasteiger partial charge in [0.2, 0.25) is 0 Å². The highest BCUT2D eigenvalue weighted by Crippen LogP contribution is 2.28. The molecule has 1 amide bonds. The van der Waals surface area contributed by atoms with Crippen LogP contribution < -0.4 is 10.1 Å². The van der Waals surface area contributed by atoms with Crippen molar-refractivity contribution in [1.29, 1.82) is 0 Å². The normalized spacial score (nSPS) is 16.1. The molecule has 0 saturated carbocycles. The number of nitrogens with one attached hydrogen (secondary N) is 1. The van der Waals surface area contributed by atoms with E-state index in [9.17, 15) is 9.18 Å². The molecule has 2 aromatic carbocycles. The Morgan fingerprint density at radius 1 is 1.19 bits per heavy atom. The van der Waals surface area contributed by atoms with Gasteiger partial charge in [0.25, 0.3) is 5.91 Å². The lowest BCUT2D eigenvalue weighted by Crippen LogP contribution is -2.38. The van der Waals surface area contributed by atoms with Crippen LogP contribution in [0.3, 0.4) is 0 Å². The maximum Gasteiger partial charge on any atom is 0.261 e. The third-order valence-corrected chi connectivity index (χ3v) is 3.57. The van der Waals surface area contributed by atoms with Crippen LogP contribution in [0, 0.1) is 5.82 Å². The number of rotatable bonds is 4. The predicted molar refractivity (Wildman–Crippen MR) is 77.7 cm³/mol. The molecule has 0 spiro atoms. The van der Waals surface area contributed by atoms with Crippen molar-refractivity contribution in [3.63, 3.8) is 0 Å². The lowest BCUT2D eigenvalue weighted by atomic mass is 10.1. The molecule has 1 unspecified atom stereocenters. The molecule has 3 rings (SSSR count). The Morgan fingerprint density at radius 2 is 1.95 bits per heavy atom. The van der Waals surface area contributed by atoms with Crippen LogP contribution in [-0.2, 0) is 17.6 Å². The van der Waals surface area contributed by atoms with Gasteiger partial charge >= 0.3 is 0 Å². The van der Waals surface area contributed by atoms with Crippen molar-refractivity contribution in [2.75, 3.05) is 6.54 Å². The molecule has 0 aromatic heterocycles. The first kappa shape index (κ1) is 13.6. The highest BCUT2D eigenvalue weighted by Gasteiger charge is 2.28. The minimum atomic E-state index is -0.449. The van der Waals surface area contributed by atoms with Crippen molar-refractivity contribution in [1.82, 2.24) is 5.32 Å². The van der Waals surface area contributed by atoms with Gasteiger partial charge in [-0.25, -0.2) is 4.39 Å². The van der Waals surface area contributed by atoms with Gasteiger partial charge in [-0.2, -0.15) is 0 Å². The molecular formula is C17H16FNO2. The van der Waals surface area contributed by atoms with Crippen LogP contribution in [0.25, 0.3) is 0 Å². The average Bonchev–Trinajstić information content (AvgIpc) is 2.93. The van der Waals surface area contributed by atoms with E-state index >= 15 is 0 Å². The molecule has 108 valence electrons. The first-order valence-corrected chi connectivity index (χ1v) is 6.99. The van der Waals surface area contributed by atoms with Crippen LogP contribution in [0.5, 0.6) is 5.75 Å². The Labute approximate surface area is 122 Å². The number of hydrogen-bond acceptors (Lipinski definition) is 2. The van der Waals surface area contributed by atoms with Gasteiger partial charge in [0.05, 0.1) is 0 Å². The first-order valence-electron chi connectivity index (χ1n) is 6.99. The summed E-state index contributed by atoms with van der Waals surface area (Å²) in [6, 6.07) is 14.0. The lowest BCUT2D eigenvalue weighted by Gasteiger charge is -2.11. The molecule has 4 heteroatoms. The summed E-state index contributed by atoms with van der Waals surface area (Å²) in [6.45, 7) is 0.515. The van der Waals surface area contributed by atoms with Gasteiger partial charge in [-0.05, 0) is 35.7 Å². The topological polar surface area (TPSA) is 38.3 Å². The summed E-state index contributed by atoms with van der Waals surface area (Å²) in [4.78, 5) is 12.1. The number of amides is 1. The predicted octanol–water partition coefficient (Wildman–Crippen LogP) is 2.49. The van der Waals surface area contributed by atoms with Gasteiger partial charge in [0.1, 0.15) is 11.6 Å². The van der Waals surface area contributed by atoms with E-state index in [1.165, 1.54) is 12.1 Å². The summed E-state index contributed by atoms with van der Waals surface area (Å²) in [5.41, 5.74) is 2.06. The third-order valence-electron chi connectivity index (χ3n) is 3.57. The molecule has 1 aliphatic rings. The second-order valence-corrected chi connectivity index (χ2v) is 5.09. The van der Waals surface area contributed by atoms with Crippen LogP contribution in [0.1, 0.15) is 11.1 Å². The second-order valence-electron chi connectivity index (χ2n) is 5.09. The Balaban J connectivity index is 1.48. The van der Waals surface area contributed by atoms with E-state index < -0.39 is 6.10 Å². The Bertz CT molecular complexity index is 614. The summed E-state index contributed by atoms with van der Waals surface area (Å²) in [6.07, 6.45) is 0.833. The smallest absolute Gasteiger partial charge is 0.261 e. The molecule has 0 fully saturated rings. The number of halogens is 1. The molecule has 0 saturated heterocycles. The number of carbonyl (C=O) groups excluding carboxylic acids is 1. The van der Waals surface area contributed by atoms with Crippen molar-refractivity contribution >= 4 is 5.91 Å². The molecule has 1 heterocycles. The molecule has 1 aliphatic heterocycles. The number of fused-ring (bicyclic) bond motifs is 1. The van der Waals surface area contributed by atoms with Gasteiger partial charge in [0, 0.05) is 13.0 Å². The fourth-order valence-corrected chi connectivity index (χ4v) is 2.42. The molecule has 0 radical (unpaired) electrons. The molecule has 1 N–H and O–H groups in total. The molecular weight excluding hydrogens is 269 g/mol. The SMILES string of the molecule is O=C(NCCc1ccc(F)cc1)C1Cc2ccccc2O1. The van der Waals surface area contributed by atoms with Crippen molar-refractivity contribution < 1.29 is 13.9 Å². The van der Waals surface area contributed by atoms with Crippen LogP contribution in [0.2, 0.25) is 0 Å². The summed E-state index contributed by atoms with van der Waals surface area (Å²) >= 11 is 0. The average molecular weight is 285 g/mol. The summed E-state index contributed by atoms with van der Waals surface area (Å²) in [5, 5.41) is 2.86. The van der Waals surface area contributed by atoms with E-state index in [4.69, 9.17) is 4.74 Å². The third kappa shape index (κ3) is 3.21. The van der Waals surface area contributed by atoms with Gasteiger partial charge < -0.3 is 10.1 Å². The first-order chi connectivity index (χ1) is 10.2. The zero-order chi connectivity index (χ0) is 14.7. The molecule has 21 heavy (non-hydrogen) atoms. The Morgan fingerprint density at radius 3 is 2.71 bits per heavy atom. The van der Waals surface area contributed by atoms with Gasteiger partial charge in [0.15, 0.2) is 6.10 Å². The summed E-state index contributed by atoms with van der Waals surface area (Å²) in [5.74, 6) is 0.435. The quantitative estimate of drug-likeness (QED) is 0.937. The number of ether oxygens (including phenoxy) is 1. The molecule has 0 bridgehead atoms. The van der Waals surface area contributed by atoms with Gasteiger partial charge in [-0.15, -0.1) is 0 Å². The number of benzene rings is 2. The van der Waals surface area contributed by atoms with Crippen molar-refractivity contribution in [3.05, 3.63) is 65.5 Å². The summed E-state index contributed by atoms with van der Waals surface area (Å²) in [7, 11) is 0. The van der Waals surface area contributed by atoms with E-state index in [-0.39, 0.29) is 11.7 Å². The number of para-hydroxylation sites is 1. The monoisotopic (exact) mass is 285 g/mol. The largest absolute Gasteiger partial charge is 0.480 e. The van der Waals surface area contributed by atoms with Crippen molar-refractivity contribution in [2.45, 2.75) is 18.9 Å². The summed E-state index contributed by atoms with van der Waals surface area (Å²) < 4.78 is 18.4. The highest BCUT2D eigenvalue weighted by atomic mass is 19.1. The van der Waals surface area contributed by atoms with Crippen LogP contribution >= 0.6 is 0 Å². The molecule has 2 aromatic rings. The molecule has 0 aliphatic carbocycles. The van der Waals surface area contributed by atoms with Crippen LogP contribution in [0.4, 0.5) is 4.39 Å². The fraction of sp³-hybridized carbons (Fsp3) is 0.235. The second kappa shape index (κ2) is 5.95. The standard InChI is InChI=1S/C17H16FNO2/c18-14-7-5-12(6-8-14)9-10-19-17(20)16-11-13-3-1-2-4-15(13)21-16/h1-8,16H,9-11H2,(H,19,20). The number of hydrogen-bond donors (Lipinski definition) is 1. The Hall–Kier alpha value is -2.36. The van der Waals surface area contributed by atoms with E-state index in [0.717, 1.165) is 16.9 Å². The molecule has 3 nitrogen and oxygen atoms in total. The Kier molecular flexibility index (Phi) is 3.86. The van der Waals surface area contributed by atoms with E-state index in [2.05, 4.69) is 5.32 Å². The van der Waals surface area contributed by atoms with Gasteiger partial charge in [-0.3, -0.25) is 4.79 Å².